The van der Waals surface area contributed by atoms with Gasteiger partial charge in [-0.25, -0.2) is 5.43 Å². The smallest absolute Gasteiger partial charge is 0.0490 e. The van der Waals surface area contributed by atoms with E-state index in [1.165, 1.54) is 24.0 Å². The number of nitrogens with one attached hydrogen (secondary N) is 2. The third-order valence-corrected chi connectivity index (χ3v) is 2.39. The van der Waals surface area contributed by atoms with Crippen LogP contribution in [0.25, 0.3) is 0 Å². The summed E-state index contributed by atoms with van der Waals surface area (Å²) in [5.74, 6) is 0. The zero-order valence-electron chi connectivity index (χ0n) is 9.35. The Labute approximate surface area is 86.7 Å². The second kappa shape index (κ2) is 5.66. The first-order valence-electron chi connectivity index (χ1n) is 5.30. The Balaban J connectivity index is 2.39. The van der Waals surface area contributed by atoms with Crippen LogP contribution in [0.1, 0.15) is 30.9 Å². The van der Waals surface area contributed by atoms with E-state index >= 15 is 0 Å². The van der Waals surface area contributed by atoms with Gasteiger partial charge in [-0.05, 0) is 43.5 Å². The van der Waals surface area contributed by atoms with Crippen molar-refractivity contribution in [3.63, 3.8) is 0 Å². The number of benzene rings is 1. The van der Waals surface area contributed by atoms with Crippen LogP contribution >= 0.6 is 0 Å². The van der Waals surface area contributed by atoms with E-state index < -0.39 is 0 Å². The molecule has 1 rings (SSSR count). The van der Waals surface area contributed by atoms with Crippen LogP contribution in [0.2, 0.25) is 0 Å². The molecule has 0 bridgehead atoms. The van der Waals surface area contributed by atoms with Gasteiger partial charge in [-0.15, -0.1) is 0 Å². The summed E-state index contributed by atoms with van der Waals surface area (Å²) < 4.78 is 0. The predicted molar refractivity (Wildman–Crippen MR) is 62.4 cm³/mol. The molecule has 2 heteroatoms. The van der Waals surface area contributed by atoms with Crippen molar-refractivity contribution in [3.8, 4) is 0 Å². The lowest BCUT2D eigenvalue weighted by Gasteiger charge is -2.09. The SMILES string of the molecule is CCCCNNc1ccc(C)c(C)c1. The van der Waals surface area contributed by atoms with Gasteiger partial charge in [-0.3, -0.25) is 0 Å². The molecule has 1 aromatic rings. The van der Waals surface area contributed by atoms with Crippen molar-refractivity contribution in [2.75, 3.05) is 12.0 Å². The first-order chi connectivity index (χ1) is 6.74. The second-order valence-corrected chi connectivity index (χ2v) is 3.70. The fraction of sp³-hybridized carbons (Fsp3) is 0.500. The quantitative estimate of drug-likeness (QED) is 0.553. The summed E-state index contributed by atoms with van der Waals surface area (Å²) in [4.78, 5) is 0. The highest BCUT2D eigenvalue weighted by Gasteiger charge is 1.94. The van der Waals surface area contributed by atoms with E-state index in [9.17, 15) is 0 Å². The lowest BCUT2D eigenvalue weighted by molar-refractivity contribution is 0.703. The monoisotopic (exact) mass is 192 g/mol. The molecule has 0 spiro atoms. The average molecular weight is 192 g/mol. The Morgan fingerprint density at radius 1 is 1.14 bits per heavy atom. The second-order valence-electron chi connectivity index (χ2n) is 3.70. The number of hydrazine groups is 1. The molecule has 0 fully saturated rings. The molecule has 0 aliphatic rings. The summed E-state index contributed by atoms with van der Waals surface area (Å²) in [5, 5.41) is 0. The molecular weight excluding hydrogens is 172 g/mol. The summed E-state index contributed by atoms with van der Waals surface area (Å²) in [7, 11) is 0. The molecule has 0 unspecified atom stereocenters. The van der Waals surface area contributed by atoms with Crippen molar-refractivity contribution >= 4 is 5.69 Å². The Kier molecular flexibility index (Phi) is 4.47. The van der Waals surface area contributed by atoms with Crippen LogP contribution in [0.5, 0.6) is 0 Å². The number of aryl methyl sites for hydroxylation is 2. The van der Waals surface area contributed by atoms with Crippen molar-refractivity contribution in [3.05, 3.63) is 29.3 Å². The van der Waals surface area contributed by atoms with Crippen molar-refractivity contribution in [2.45, 2.75) is 33.6 Å². The van der Waals surface area contributed by atoms with Gasteiger partial charge in [0.15, 0.2) is 0 Å². The van der Waals surface area contributed by atoms with Crippen molar-refractivity contribution < 1.29 is 0 Å². The molecule has 2 nitrogen and oxygen atoms in total. The molecule has 0 aliphatic carbocycles. The summed E-state index contributed by atoms with van der Waals surface area (Å²) in [6, 6.07) is 6.40. The Morgan fingerprint density at radius 3 is 2.57 bits per heavy atom. The molecule has 0 aliphatic heterocycles. The number of hydrogen-bond donors (Lipinski definition) is 2. The van der Waals surface area contributed by atoms with Crippen molar-refractivity contribution in [1.82, 2.24) is 5.43 Å². The van der Waals surface area contributed by atoms with Crippen molar-refractivity contribution in [1.29, 1.82) is 0 Å². The first kappa shape index (κ1) is 11.1. The van der Waals surface area contributed by atoms with Gasteiger partial charge >= 0.3 is 0 Å². The van der Waals surface area contributed by atoms with Gasteiger partial charge in [0.05, 0.1) is 0 Å². The highest BCUT2D eigenvalue weighted by Crippen LogP contribution is 2.12. The summed E-state index contributed by atoms with van der Waals surface area (Å²) in [6.07, 6.45) is 2.43. The highest BCUT2D eigenvalue weighted by atomic mass is 15.3. The number of unbranched alkanes of at least 4 members (excludes halogenated alkanes) is 1. The zero-order chi connectivity index (χ0) is 10.4. The molecular formula is C12H20N2. The van der Waals surface area contributed by atoms with E-state index in [2.05, 4.69) is 49.8 Å². The fourth-order valence-electron chi connectivity index (χ4n) is 1.25. The van der Waals surface area contributed by atoms with Gasteiger partial charge in [0.1, 0.15) is 0 Å². The minimum absolute atomic E-state index is 1.02. The Morgan fingerprint density at radius 2 is 1.93 bits per heavy atom. The largest absolute Gasteiger partial charge is 0.322 e. The minimum Gasteiger partial charge on any atom is -0.322 e. The topological polar surface area (TPSA) is 24.1 Å². The molecule has 1 aromatic carbocycles. The molecule has 0 aromatic heterocycles. The summed E-state index contributed by atoms with van der Waals surface area (Å²) in [5.41, 5.74) is 10.2. The van der Waals surface area contributed by atoms with Crippen LogP contribution in [0, 0.1) is 13.8 Å². The standard InChI is InChI=1S/C12H20N2/c1-4-5-8-13-14-12-7-6-10(2)11(3)9-12/h6-7,9,13-14H,4-5,8H2,1-3H3. The maximum absolute atomic E-state index is 3.20. The molecule has 0 amide bonds. The van der Waals surface area contributed by atoms with Gasteiger partial charge in [0.25, 0.3) is 0 Å². The first-order valence-corrected chi connectivity index (χ1v) is 5.30. The maximum atomic E-state index is 3.20. The van der Waals surface area contributed by atoms with Gasteiger partial charge in [0.2, 0.25) is 0 Å². The third kappa shape index (κ3) is 3.38. The Hall–Kier alpha value is -1.02. The molecule has 0 atom stereocenters. The molecule has 78 valence electrons. The number of hydrogen-bond acceptors (Lipinski definition) is 2. The van der Waals surface area contributed by atoms with E-state index in [0.29, 0.717) is 0 Å². The van der Waals surface area contributed by atoms with Crippen LogP contribution in [0.15, 0.2) is 18.2 Å². The lowest BCUT2D eigenvalue weighted by atomic mass is 10.1. The van der Waals surface area contributed by atoms with Gasteiger partial charge in [0, 0.05) is 12.2 Å². The van der Waals surface area contributed by atoms with Gasteiger partial charge < -0.3 is 5.43 Å². The fourth-order valence-corrected chi connectivity index (χ4v) is 1.25. The zero-order valence-corrected chi connectivity index (χ0v) is 9.35. The summed E-state index contributed by atoms with van der Waals surface area (Å²) >= 11 is 0. The highest BCUT2D eigenvalue weighted by molar-refractivity contribution is 5.47. The minimum atomic E-state index is 1.02. The van der Waals surface area contributed by atoms with Crippen LogP contribution < -0.4 is 10.9 Å². The van der Waals surface area contributed by atoms with Gasteiger partial charge in [-0.1, -0.05) is 19.4 Å². The van der Waals surface area contributed by atoms with Crippen LogP contribution in [-0.2, 0) is 0 Å². The Bertz CT molecular complexity index is 282. The van der Waals surface area contributed by atoms with Crippen LogP contribution in [-0.4, -0.2) is 6.54 Å². The average Bonchev–Trinajstić information content (AvgIpc) is 2.18. The summed E-state index contributed by atoms with van der Waals surface area (Å²) in [6.45, 7) is 7.47. The number of anilines is 1. The van der Waals surface area contributed by atoms with E-state index in [4.69, 9.17) is 0 Å². The molecule has 0 saturated heterocycles. The molecule has 14 heavy (non-hydrogen) atoms. The maximum Gasteiger partial charge on any atom is 0.0490 e. The van der Waals surface area contributed by atoms with E-state index in [-0.39, 0.29) is 0 Å². The van der Waals surface area contributed by atoms with E-state index in [0.717, 1.165) is 12.2 Å². The van der Waals surface area contributed by atoms with Crippen LogP contribution in [0.4, 0.5) is 5.69 Å². The molecule has 2 N–H and O–H groups in total. The van der Waals surface area contributed by atoms with Crippen molar-refractivity contribution in [2.24, 2.45) is 0 Å². The predicted octanol–water partition coefficient (Wildman–Crippen LogP) is 3.02. The lowest BCUT2D eigenvalue weighted by Crippen LogP contribution is -2.22. The molecule has 0 saturated carbocycles. The molecule has 0 radical (unpaired) electrons. The van der Waals surface area contributed by atoms with Crippen LogP contribution in [0.3, 0.4) is 0 Å². The third-order valence-electron chi connectivity index (χ3n) is 2.39. The van der Waals surface area contributed by atoms with E-state index in [1.807, 2.05) is 0 Å². The molecule has 0 heterocycles. The number of rotatable bonds is 5. The van der Waals surface area contributed by atoms with E-state index in [1.54, 1.807) is 0 Å². The normalized spacial score (nSPS) is 10.2. The van der Waals surface area contributed by atoms with Gasteiger partial charge in [-0.2, -0.15) is 0 Å².